The van der Waals surface area contributed by atoms with E-state index in [-0.39, 0.29) is 11.3 Å². The molecule has 1 aliphatic rings. The van der Waals surface area contributed by atoms with E-state index < -0.39 is 0 Å². The summed E-state index contributed by atoms with van der Waals surface area (Å²) < 4.78 is 5.26. The van der Waals surface area contributed by atoms with Crippen molar-refractivity contribution < 1.29 is 9.32 Å². The van der Waals surface area contributed by atoms with Crippen LogP contribution in [0.15, 0.2) is 22.7 Å². The first-order valence-corrected chi connectivity index (χ1v) is 9.06. The Bertz CT molecular complexity index is 762. The van der Waals surface area contributed by atoms with Crippen molar-refractivity contribution >= 4 is 29.1 Å². The van der Waals surface area contributed by atoms with E-state index in [1.54, 1.807) is 25.1 Å². The van der Waals surface area contributed by atoms with Crippen LogP contribution in [0.5, 0.6) is 0 Å². The zero-order chi connectivity index (χ0) is 18.0. The Morgan fingerprint density at radius 1 is 1.32 bits per heavy atom. The minimum Gasteiger partial charge on any atom is -0.360 e. The number of halogens is 2. The van der Waals surface area contributed by atoms with Gasteiger partial charge in [-0.2, -0.15) is 0 Å². The number of piperidine rings is 1. The maximum absolute atomic E-state index is 12.8. The third-order valence-electron chi connectivity index (χ3n) is 4.78. The fourth-order valence-corrected chi connectivity index (χ4v) is 3.70. The van der Waals surface area contributed by atoms with E-state index in [0.717, 1.165) is 25.9 Å². The third-order valence-corrected chi connectivity index (χ3v) is 5.41. The van der Waals surface area contributed by atoms with E-state index in [9.17, 15) is 4.79 Å². The van der Waals surface area contributed by atoms with Crippen molar-refractivity contribution in [3.8, 4) is 11.3 Å². The van der Waals surface area contributed by atoms with Crippen LogP contribution < -0.4 is 10.6 Å². The summed E-state index contributed by atoms with van der Waals surface area (Å²) >= 11 is 12.5. The van der Waals surface area contributed by atoms with Crippen LogP contribution in [0.1, 0.15) is 35.9 Å². The number of hydrogen-bond acceptors (Lipinski definition) is 4. The number of nitrogens with zero attached hydrogens (tertiary/aromatic N) is 1. The van der Waals surface area contributed by atoms with Gasteiger partial charge in [0.15, 0.2) is 0 Å². The highest BCUT2D eigenvalue weighted by Gasteiger charge is 2.29. The van der Waals surface area contributed by atoms with Crippen LogP contribution in [-0.2, 0) is 0 Å². The number of benzene rings is 1. The largest absolute Gasteiger partial charge is 0.360 e. The molecule has 25 heavy (non-hydrogen) atoms. The molecule has 0 radical (unpaired) electrons. The number of nitrogens with one attached hydrogen (secondary N) is 2. The van der Waals surface area contributed by atoms with E-state index in [0.29, 0.717) is 39.2 Å². The number of rotatable bonds is 4. The lowest BCUT2D eigenvalue weighted by molar-refractivity contribution is 0.0921. The van der Waals surface area contributed by atoms with E-state index >= 15 is 0 Å². The number of carbonyl (C=O) groups is 1. The van der Waals surface area contributed by atoms with Gasteiger partial charge in [-0.3, -0.25) is 4.79 Å². The SMILES string of the molecule is Cc1onc(-c2c(Cl)cccc2Cl)c1C(=O)NCC1(C)CCNCC1. The highest BCUT2D eigenvalue weighted by Crippen LogP contribution is 2.36. The zero-order valence-electron chi connectivity index (χ0n) is 14.3. The molecule has 1 saturated heterocycles. The van der Waals surface area contributed by atoms with E-state index in [1.807, 2.05) is 0 Å². The van der Waals surface area contributed by atoms with Crippen LogP contribution in [0.4, 0.5) is 0 Å². The van der Waals surface area contributed by atoms with Gasteiger partial charge < -0.3 is 15.2 Å². The van der Waals surface area contributed by atoms with Crippen molar-refractivity contribution in [3.05, 3.63) is 39.6 Å². The van der Waals surface area contributed by atoms with Gasteiger partial charge in [-0.1, -0.05) is 41.3 Å². The second kappa shape index (κ2) is 7.36. The molecule has 0 aliphatic carbocycles. The number of hydrogen-bond donors (Lipinski definition) is 2. The number of aryl methyl sites for hydroxylation is 1. The van der Waals surface area contributed by atoms with Crippen LogP contribution in [0, 0.1) is 12.3 Å². The quantitative estimate of drug-likeness (QED) is 0.837. The Labute approximate surface area is 157 Å². The van der Waals surface area contributed by atoms with Gasteiger partial charge in [0.25, 0.3) is 5.91 Å². The summed E-state index contributed by atoms with van der Waals surface area (Å²) in [6.07, 6.45) is 2.05. The predicted molar refractivity (Wildman–Crippen MR) is 99.2 cm³/mol. The lowest BCUT2D eigenvalue weighted by Crippen LogP contribution is -2.43. The van der Waals surface area contributed by atoms with Gasteiger partial charge in [0.2, 0.25) is 0 Å². The van der Waals surface area contributed by atoms with Gasteiger partial charge in [-0.25, -0.2) is 0 Å². The van der Waals surface area contributed by atoms with Crippen molar-refractivity contribution in [2.45, 2.75) is 26.7 Å². The summed E-state index contributed by atoms with van der Waals surface area (Å²) in [4.78, 5) is 12.8. The first-order valence-electron chi connectivity index (χ1n) is 8.31. The maximum atomic E-state index is 12.8. The third kappa shape index (κ3) is 3.84. The first kappa shape index (κ1) is 18.2. The Morgan fingerprint density at radius 3 is 2.60 bits per heavy atom. The molecule has 5 nitrogen and oxygen atoms in total. The molecule has 0 bridgehead atoms. The Hall–Kier alpha value is -1.56. The fraction of sp³-hybridized carbons (Fsp3) is 0.444. The van der Waals surface area contributed by atoms with Gasteiger partial charge in [-0.05, 0) is 50.4 Å². The van der Waals surface area contributed by atoms with Crippen LogP contribution in [-0.4, -0.2) is 30.7 Å². The first-order chi connectivity index (χ1) is 11.9. The topological polar surface area (TPSA) is 67.2 Å². The second-order valence-electron chi connectivity index (χ2n) is 6.80. The fourth-order valence-electron chi connectivity index (χ4n) is 3.12. The van der Waals surface area contributed by atoms with Gasteiger partial charge in [0.1, 0.15) is 17.0 Å². The summed E-state index contributed by atoms with van der Waals surface area (Å²) in [5, 5.41) is 11.3. The Balaban J connectivity index is 1.85. The molecule has 0 atom stereocenters. The van der Waals surface area contributed by atoms with Crippen molar-refractivity contribution in [2.75, 3.05) is 19.6 Å². The Kier molecular flexibility index (Phi) is 5.37. The van der Waals surface area contributed by atoms with Crippen LogP contribution >= 0.6 is 23.2 Å². The second-order valence-corrected chi connectivity index (χ2v) is 7.62. The van der Waals surface area contributed by atoms with Crippen molar-refractivity contribution in [1.82, 2.24) is 15.8 Å². The summed E-state index contributed by atoms with van der Waals surface area (Å²) in [6.45, 7) is 6.45. The molecular formula is C18H21Cl2N3O2. The minimum absolute atomic E-state index is 0.0914. The molecule has 1 fully saturated rings. The summed E-state index contributed by atoms with van der Waals surface area (Å²) in [5.74, 6) is 0.225. The minimum atomic E-state index is -0.218. The molecule has 2 N–H and O–H groups in total. The van der Waals surface area contributed by atoms with Gasteiger partial charge in [0, 0.05) is 12.1 Å². The normalized spacial score (nSPS) is 16.6. The number of carbonyl (C=O) groups excluding carboxylic acids is 1. The van der Waals surface area contributed by atoms with E-state index in [1.165, 1.54) is 0 Å². The van der Waals surface area contributed by atoms with E-state index in [4.69, 9.17) is 27.7 Å². The lowest BCUT2D eigenvalue weighted by Gasteiger charge is -2.34. The predicted octanol–water partition coefficient (Wildman–Crippen LogP) is 4.08. The molecule has 2 aromatic rings. The van der Waals surface area contributed by atoms with Crippen molar-refractivity contribution in [2.24, 2.45) is 5.41 Å². The molecule has 1 aromatic carbocycles. The standard InChI is InChI=1S/C18H21Cl2N3O2/c1-11-14(17(24)22-10-18(2)6-8-21-9-7-18)16(23-25-11)15-12(19)4-3-5-13(15)20/h3-5,21H,6-10H2,1-2H3,(H,22,24). The molecule has 2 heterocycles. The van der Waals surface area contributed by atoms with Crippen LogP contribution in [0.3, 0.4) is 0 Å². The molecule has 0 spiro atoms. The van der Waals surface area contributed by atoms with Gasteiger partial charge >= 0.3 is 0 Å². The highest BCUT2D eigenvalue weighted by molar-refractivity contribution is 6.39. The summed E-state index contributed by atoms with van der Waals surface area (Å²) in [7, 11) is 0. The van der Waals surface area contributed by atoms with E-state index in [2.05, 4.69) is 22.7 Å². The highest BCUT2D eigenvalue weighted by atomic mass is 35.5. The Morgan fingerprint density at radius 2 is 1.96 bits per heavy atom. The average Bonchev–Trinajstić information content (AvgIpc) is 2.95. The van der Waals surface area contributed by atoms with Crippen LogP contribution in [0.2, 0.25) is 10.0 Å². The molecule has 0 saturated carbocycles. The lowest BCUT2D eigenvalue weighted by atomic mass is 9.81. The molecule has 7 heteroatoms. The number of aromatic nitrogens is 1. The summed E-state index contributed by atoms with van der Waals surface area (Å²) in [5.41, 5.74) is 1.36. The molecule has 0 unspecified atom stereocenters. The smallest absolute Gasteiger partial charge is 0.257 e. The molecule has 1 aliphatic heterocycles. The molecule has 1 aromatic heterocycles. The average molecular weight is 382 g/mol. The van der Waals surface area contributed by atoms with Crippen molar-refractivity contribution in [3.63, 3.8) is 0 Å². The molecular weight excluding hydrogens is 361 g/mol. The van der Waals surface area contributed by atoms with Gasteiger partial charge in [0.05, 0.1) is 10.0 Å². The molecule has 134 valence electrons. The number of amides is 1. The monoisotopic (exact) mass is 381 g/mol. The van der Waals surface area contributed by atoms with Gasteiger partial charge in [-0.15, -0.1) is 0 Å². The van der Waals surface area contributed by atoms with Crippen LogP contribution in [0.25, 0.3) is 11.3 Å². The van der Waals surface area contributed by atoms with Crippen molar-refractivity contribution in [1.29, 1.82) is 0 Å². The molecule has 3 rings (SSSR count). The zero-order valence-corrected chi connectivity index (χ0v) is 15.8. The summed E-state index contributed by atoms with van der Waals surface area (Å²) in [6, 6.07) is 5.17. The molecule has 1 amide bonds. The maximum Gasteiger partial charge on any atom is 0.257 e.